The lowest BCUT2D eigenvalue weighted by Crippen LogP contribution is -2.25. The average Bonchev–Trinajstić information content (AvgIpc) is 2.99. The maximum atomic E-state index is 12.4. The summed E-state index contributed by atoms with van der Waals surface area (Å²) in [6, 6.07) is 14.7. The molecule has 8 heteroatoms. The van der Waals surface area contributed by atoms with E-state index in [2.05, 4.69) is 47.1 Å². The van der Waals surface area contributed by atoms with Crippen molar-refractivity contribution < 1.29 is 13.2 Å². The molecule has 0 fully saturated rings. The minimum absolute atomic E-state index is 0.377. The fourth-order valence-corrected chi connectivity index (χ4v) is 4.14. The highest BCUT2D eigenvalue weighted by molar-refractivity contribution is 7.92. The first-order chi connectivity index (χ1) is 15.0. The van der Waals surface area contributed by atoms with Gasteiger partial charge in [0.2, 0.25) is 10.0 Å². The Morgan fingerprint density at radius 2 is 1.59 bits per heavy atom. The molecule has 1 amide bonds. The summed E-state index contributed by atoms with van der Waals surface area (Å²) in [6.07, 6.45) is 2.75. The lowest BCUT2D eigenvalue weighted by molar-refractivity contribution is 0.0955. The van der Waals surface area contributed by atoms with Crippen LogP contribution in [0.4, 0.5) is 5.69 Å². The molecule has 0 aliphatic carbocycles. The van der Waals surface area contributed by atoms with Crippen LogP contribution < -0.4 is 9.73 Å². The van der Waals surface area contributed by atoms with Gasteiger partial charge in [-0.3, -0.25) is 9.10 Å². The largest absolute Gasteiger partial charge is 0.318 e. The predicted molar refractivity (Wildman–Crippen MR) is 129 cm³/mol. The van der Waals surface area contributed by atoms with Crippen molar-refractivity contribution in [3.63, 3.8) is 0 Å². The molecule has 1 N–H and O–H groups in total. The van der Waals surface area contributed by atoms with Gasteiger partial charge in [0.1, 0.15) is 0 Å². The summed E-state index contributed by atoms with van der Waals surface area (Å²) in [7, 11) is -1.90. The molecule has 168 valence electrons. The number of rotatable bonds is 6. The van der Waals surface area contributed by atoms with Gasteiger partial charge in [-0.2, -0.15) is 5.10 Å². The number of sulfonamides is 1. The Morgan fingerprint density at radius 3 is 2.16 bits per heavy atom. The topological polar surface area (TPSA) is 83.8 Å². The number of nitrogens with one attached hydrogen (secondary N) is 1. The van der Waals surface area contributed by atoms with E-state index in [0.29, 0.717) is 11.3 Å². The Labute approximate surface area is 189 Å². The van der Waals surface area contributed by atoms with Crippen molar-refractivity contribution in [2.75, 3.05) is 17.6 Å². The van der Waals surface area contributed by atoms with E-state index in [1.165, 1.54) is 18.2 Å². The normalized spacial score (nSPS) is 11.7. The number of amides is 1. The number of carbonyl (C=O) groups is 1. The maximum absolute atomic E-state index is 12.4. The molecule has 0 bridgehead atoms. The summed E-state index contributed by atoms with van der Waals surface area (Å²) in [4.78, 5) is 12.4. The monoisotopic (exact) mass is 452 g/mol. The molecule has 0 radical (unpaired) electrons. The van der Waals surface area contributed by atoms with Gasteiger partial charge in [-0.25, -0.2) is 13.8 Å². The first-order valence-corrected chi connectivity index (χ1v) is 12.0. The molecule has 1 aromatic heterocycles. The van der Waals surface area contributed by atoms with Crippen LogP contribution in [0.25, 0.3) is 5.69 Å². The lowest BCUT2D eigenvalue weighted by atomic mass is 10.1. The molecule has 7 nitrogen and oxygen atoms in total. The third-order valence-corrected chi connectivity index (χ3v) is 6.50. The Bertz CT molecular complexity index is 1270. The SMILES string of the molecule is Cc1cc(C)cc(-n2c(C)cc(/C=N\NC(=O)c3ccc(N(C)S(C)(=O)=O)cc3)c2C)c1. The minimum Gasteiger partial charge on any atom is -0.318 e. The average molecular weight is 453 g/mol. The van der Waals surface area contributed by atoms with Crippen molar-refractivity contribution >= 4 is 27.8 Å². The summed E-state index contributed by atoms with van der Waals surface area (Å²) in [6.45, 7) is 8.21. The summed E-state index contributed by atoms with van der Waals surface area (Å²) in [5, 5.41) is 4.11. The van der Waals surface area contributed by atoms with Gasteiger partial charge in [-0.1, -0.05) is 6.07 Å². The zero-order valence-electron chi connectivity index (χ0n) is 19.2. The Morgan fingerprint density at radius 1 is 1.00 bits per heavy atom. The third kappa shape index (κ3) is 5.08. The van der Waals surface area contributed by atoms with E-state index in [1.807, 2.05) is 19.9 Å². The minimum atomic E-state index is -3.36. The van der Waals surface area contributed by atoms with Crippen molar-refractivity contribution in [2.24, 2.45) is 5.10 Å². The molecule has 3 rings (SSSR count). The first kappa shape index (κ1) is 23.3. The highest BCUT2D eigenvalue weighted by atomic mass is 32.2. The first-order valence-electron chi connectivity index (χ1n) is 10.1. The molecule has 0 aliphatic heterocycles. The van der Waals surface area contributed by atoms with E-state index in [9.17, 15) is 13.2 Å². The molecule has 0 saturated carbocycles. The summed E-state index contributed by atoms with van der Waals surface area (Å²) < 4.78 is 26.6. The number of benzene rings is 2. The smallest absolute Gasteiger partial charge is 0.271 e. The Kier molecular flexibility index (Phi) is 6.55. The predicted octanol–water partition coefficient (Wildman–Crippen LogP) is 3.87. The van der Waals surface area contributed by atoms with Crippen LogP contribution in [0.3, 0.4) is 0 Å². The molecule has 0 spiro atoms. The van der Waals surface area contributed by atoms with E-state index in [-0.39, 0.29) is 5.91 Å². The number of anilines is 1. The fourth-order valence-electron chi connectivity index (χ4n) is 3.63. The van der Waals surface area contributed by atoms with E-state index >= 15 is 0 Å². The van der Waals surface area contributed by atoms with E-state index < -0.39 is 10.0 Å². The second-order valence-electron chi connectivity index (χ2n) is 7.98. The molecule has 0 atom stereocenters. The zero-order chi connectivity index (χ0) is 23.6. The third-order valence-electron chi connectivity index (χ3n) is 5.30. The molecule has 0 unspecified atom stereocenters. The Balaban J connectivity index is 1.74. The molecule has 3 aromatic rings. The lowest BCUT2D eigenvalue weighted by Gasteiger charge is -2.16. The number of carbonyl (C=O) groups excluding carboxylic acids is 1. The Hall–Kier alpha value is -3.39. The van der Waals surface area contributed by atoms with Gasteiger partial charge in [-0.15, -0.1) is 0 Å². The number of hydrazone groups is 1. The number of aromatic nitrogens is 1. The molecular formula is C24H28N4O3S. The van der Waals surface area contributed by atoms with Crippen LogP contribution in [-0.4, -0.2) is 38.4 Å². The van der Waals surface area contributed by atoms with Crippen LogP contribution in [-0.2, 0) is 10.0 Å². The number of hydrogen-bond acceptors (Lipinski definition) is 4. The van der Waals surface area contributed by atoms with Crippen LogP contribution in [0.2, 0.25) is 0 Å². The molecular weight excluding hydrogens is 424 g/mol. The van der Waals surface area contributed by atoms with Gasteiger partial charge in [0.05, 0.1) is 18.2 Å². The number of aryl methyl sites for hydroxylation is 3. The van der Waals surface area contributed by atoms with E-state index in [4.69, 9.17) is 0 Å². The number of hydrogen-bond donors (Lipinski definition) is 1. The quantitative estimate of drug-likeness (QED) is 0.455. The summed E-state index contributed by atoms with van der Waals surface area (Å²) >= 11 is 0. The highest BCUT2D eigenvalue weighted by Gasteiger charge is 2.13. The van der Waals surface area contributed by atoms with Crippen molar-refractivity contribution in [2.45, 2.75) is 27.7 Å². The van der Waals surface area contributed by atoms with Crippen molar-refractivity contribution in [1.82, 2.24) is 9.99 Å². The summed E-state index contributed by atoms with van der Waals surface area (Å²) in [5.41, 5.74) is 9.89. The van der Waals surface area contributed by atoms with Crippen LogP contribution in [0.15, 0.2) is 53.6 Å². The van der Waals surface area contributed by atoms with Gasteiger partial charge >= 0.3 is 0 Å². The fraction of sp³-hybridized carbons (Fsp3) is 0.250. The standard InChI is InChI=1S/C24H28N4O3S/c1-16-11-17(2)13-23(12-16)28-18(3)14-21(19(28)4)15-25-26-24(29)20-7-9-22(10-8-20)27(5)32(6,30)31/h7-15H,1-6H3,(H,26,29)/b25-15-. The summed E-state index contributed by atoms with van der Waals surface area (Å²) in [5.74, 6) is -0.377. The number of nitrogens with zero attached hydrogens (tertiary/aromatic N) is 3. The van der Waals surface area contributed by atoms with Gasteiger partial charge < -0.3 is 4.57 Å². The van der Waals surface area contributed by atoms with Gasteiger partial charge in [0, 0.05) is 35.2 Å². The maximum Gasteiger partial charge on any atom is 0.271 e. The van der Waals surface area contributed by atoms with Crippen LogP contribution in [0.1, 0.15) is 38.4 Å². The highest BCUT2D eigenvalue weighted by Crippen LogP contribution is 2.22. The van der Waals surface area contributed by atoms with Crippen LogP contribution in [0, 0.1) is 27.7 Å². The molecule has 1 heterocycles. The van der Waals surface area contributed by atoms with Gasteiger partial charge in [0.15, 0.2) is 0 Å². The van der Waals surface area contributed by atoms with Crippen molar-refractivity contribution in [3.05, 3.63) is 82.2 Å². The van der Waals surface area contributed by atoms with Gasteiger partial charge in [-0.05, 0) is 81.3 Å². The zero-order valence-corrected chi connectivity index (χ0v) is 20.0. The van der Waals surface area contributed by atoms with Crippen molar-refractivity contribution in [1.29, 1.82) is 0 Å². The van der Waals surface area contributed by atoms with E-state index in [0.717, 1.165) is 33.2 Å². The van der Waals surface area contributed by atoms with Crippen molar-refractivity contribution in [3.8, 4) is 5.69 Å². The molecule has 0 aliphatic rings. The molecule has 32 heavy (non-hydrogen) atoms. The van der Waals surface area contributed by atoms with E-state index in [1.54, 1.807) is 30.5 Å². The van der Waals surface area contributed by atoms with Crippen LogP contribution in [0.5, 0.6) is 0 Å². The second-order valence-corrected chi connectivity index (χ2v) is 10.00. The molecule has 2 aromatic carbocycles. The molecule has 0 saturated heterocycles. The van der Waals surface area contributed by atoms with Crippen LogP contribution >= 0.6 is 0 Å². The second kappa shape index (κ2) is 9.00. The van der Waals surface area contributed by atoms with Gasteiger partial charge in [0.25, 0.3) is 5.91 Å².